The van der Waals surface area contributed by atoms with Crippen LogP contribution in [0.15, 0.2) is 182 Å². The fraction of sp³-hybridized carbons (Fsp3) is 0.0741. The summed E-state index contributed by atoms with van der Waals surface area (Å²) in [6.45, 7) is 4.37. The van der Waals surface area contributed by atoms with E-state index in [1.54, 1.807) is 0 Å². The maximum atomic E-state index is 2.65. The second-order valence-corrected chi connectivity index (χ2v) is 16.7. The standard InChI is InChI=1S/C54H39N3S/c1-3-16-38-34(2)55(48-26-9-4-17-39(38)48)35-31-36(56-49-27-10-5-18-40(49)41-19-6-11-28-50(41)56)33-37(32-35)57-51-29-12-7-20-42(51)44-22-14-23-45(53(44)57)47-25-15-24-46-43-21-8-13-30-52(43)58-54(46)47/h3-33,42,51H,1-2H3/b16-3-. The molecule has 4 heterocycles. The largest absolute Gasteiger partial charge is 0.333 e. The van der Waals surface area contributed by atoms with E-state index < -0.39 is 0 Å². The molecule has 58 heavy (non-hydrogen) atoms. The van der Waals surface area contributed by atoms with Crippen molar-refractivity contribution in [3.05, 3.63) is 199 Å². The van der Waals surface area contributed by atoms with E-state index in [4.69, 9.17) is 0 Å². The molecule has 2 atom stereocenters. The van der Waals surface area contributed by atoms with E-state index in [9.17, 15) is 0 Å². The van der Waals surface area contributed by atoms with Gasteiger partial charge in [-0.05, 0) is 61.9 Å². The van der Waals surface area contributed by atoms with Gasteiger partial charge in [0, 0.05) is 76.0 Å². The molecule has 0 fully saturated rings. The molecular formula is C54H39N3S. The molecule has 0 radical (unpaired) electrons. The number of anilines is 2. The number of nitrogens with zero attached hydrogens (tertiary/aromatic N) is 3. The minimum atomic E-state index is 0.116. The number of hydrogen-bond acceptors (Lipinski definition) is 2. The first-order valence-electron chi connectivity index (χ1n) is 20.2. The molecule has 12 rings (SSSR count). The molecule has 276 valence electrons. The minimum absolute atomic E-state index is 0.116. The molecule has 3 aromatic heterocycles. The Balaban J connectivity index is 1.18. The summed E-state index contributed by atoms with van der Waals surface area (Å²) in [4.78, 5) is 2.65. The summed E-state index contributed by atoms with van der Waals surface area (Å²) in [7, 11) is 0. The van der Waals surface area contributed by atoms with Gasteiger partial charge in [-0.3, -0.25) is 0 Å². The van der Waals surface area contributed by atoms with Crippen LogP contribution in [-0.2, 0) is 0 Å². The number of rotatable bonds is 5. The fourth-order valence-corrected chi connectivity index (χ4v) is 11.4. The van der Waals surface area contributed by atoms with Gasteiger partial charge in [0.25, 0.3) is 0 Å². The van der Waals surface area contributed by atoms with Gasteiger partial charge in [-0.15, -0.1) is 11.3 Å². The van der Waals surface area contributed by atoms with Gasteiger partial charge in [0.2, 0.25) is 0 Å². The summed E-state index contributed by atoms with van der Waals surface area (Å²) < 4.78 is 7.61. The molecule has 3 nitrogen and oxygen atoms in total. The normalized spacial score (nSPS) is 16.2. The summed E-state index contributed by atoms with van der Waals surface area (Å²) in [6, 6.07) is 56.6. The minimum Gasteiger partial charge on any atom is -0.333 e. The van der Waals surface area contributed by atoms with Crippen LogP contribution in [-0.4, -0.2) is 15.2 Å². The molecule has 2 aliphatic rings. The molecule has 0 saturated carbocycles. The highest BCUT2D eigenvalue weighted by Crippen LogP contribution is 2.54. The zero-order valence-electron chi connectivity index (χ0n) is 32.3. The Morgan fingerprint density at radius 1 is 0.534 bits per heavy atom. The Morgan fingerprint density at radius 3 is 1.88 bits per heavy atom. The number of para-hydroxylation sites is 4. The molecule has 0 spiro atoms. The zero-order chi connectivity index (χ0) is 38.5. The van der Waals surface area contributed by atoms with Crippen LogP contribution in [0.3, 0.4) is 0 Å². The average Bonchev–Trinajstić information content (AvgIpc) is 4.00. The lowest BCUT2D eigenvalue weighted by Gasteiger charge is -2.31. The summed E-state index contributed by atoms with van der Waals surface area (Å²) in [5, 5.41) is 6.42. The maximum Gasteiger partial charge on any atom is 0.0629 e. The van der Waals surface area contributed by atoms with Gasteiger partial charge in [0.15, 0.2) is 0 Å². The Hall–Kier alpha value is -6.88. The quantitative estimate of drug-likeness (QED) is 0.170. The highest BCUT2D eigenvalue weighted by molar-refractivity contribution is 7.26. The monoisotopic (exact) mass is 761 g/mol. The van der Waals surface area contributed by atoms with Crippen molar-refractivity contribution in [2.24, 2.45) is 0 Å². The molecule has 0 amide bonds. The van der Waals surface area contributed by atoms with Crippen molar-refractivity contribution in [3.8, 4) is 22.5 Å². The molecule has 7 aromatic carbocycles. The predicted molar refractivity (Wildman–Crippen MR) is 249 cm³/mol. The Bertz CT molecular complexity index is 3350. The van der Waals surface area contributed by atoms with Gasteiger partial charge < -0.3 is 14.0 Å². The molecule has 0 bridgehead atoms. The third-order valence-corrected chi connectivity index (χ3v) is 13.7. The van der Waals surface area contributed by atoms with Gasteiger partial charge in [-0.2, -0.15) is 0 Å². The van der Waals surface area contributed by atoms with Crippen LogP contribution in [0.5, 0.6) is 0 Å². The van der Waals surface area contributed by atoms with E-state index >= 15 is 0 Å². The van der Waals surface area contributed by atoms with Gasteiger partial charge in [-0.25, -0.2) is 0 Å². The second kappa shape index (κ2) is 12.8. The van der Waals surface area contributed by atoms with Crippen LogP contribution < -0.4 is 4.90 Å². The van der Waals surface area contributed by atoms with Crippen LogP contribution in [0.2, 0.25) is 0 Å². The van der Waals surface area contributed by atoms with Crippen molar-refractivity contribution in [1.29, 1.82) is 0 Å². The van der Waals surface area contributed by atoms with Gasteiger partial charge in [-0.1, -0.05) is 146 Å². The summed E-state index contributed by atoms with van der Waals surface area (Å²) in [6.07, 6.45) is 13.7. The van der Waals surface area contributed by atoms with E-state index in [1.807, 2.05) is 11.3 Å². The predicted octanol–water partition coefficient (Wildman–Crippen LogP) is 14.8. The van der Waals surface area contributed by atoms with E-state index in [2.05, 4.69) is 216 Å². The van der Waals surface area contributed by atoms with E-state index in [0.29, 0.717) is 0 Å². The SMILES string of the molecule is C/C=C\c1c(C)n(-c2cc(N3c4c(-c5cccc6c5sc5ccccc56)cccc4C4C=CC=CC43)cc(-n3c4ccccc4c4ccccc43)c2)c2ccccc12. The van der Waals surface area contributed by atoms with Crippen LogP contribution in [0.25, 0.3) is 81.5 Å². The van der Waals surface area contributed by atoms with Crippen LogP contribution in [0.1, 0.15) is 29.7 Å². The molecular weight excluding hydrogens is 723 g/mol. The number of aromatic nitrogens is 2. The van der Waals surface area contributed by atoms with Gasteiger partial charge >= 0.3 is 0 Å². The van der Waals surface area contributed by atoms with E-state index in [-0.39, 0.29) is 12.0 Å². The van der Waals surface area contributed by atoms with Crippen LogP contribution in [0.4, 0.5) is 11.4 Å². The molecule has 0 N–H and O–H groups in total. The van der Waals surface area contributed by atoms with Crippen molar-refractivity contribution < 1.29 is 0 Å². The maximum absolute atomic E-state index is 2.65. The lowest BCUT2D eigenvalue weighted by Crippen LogP contribution is -2.29. The second-order valence-electron chi connectivity index (χ2n) is 15.6. The van der Waals surface area contributed by atoms with Crippen LogP contribution >= 0.6 is 11.3 Å². The van der Waals surface area contributed by atoms with Gasteiger partial charge in [0.05, 0.1) is 34.0 Å². The number of hydrogen-bond donors (Lipinski definition) is 0. The summed E-state index contributed by atoms with van der Waals surface area (Å²) in [5.41, 5.74) is 14.7. The van der Waals surface area contributed by atoms with E-state index in [0.717, 1.165) is 11.4 Å². The molecule has 1 aliphatic carbocycles. The average molecular weight is 762 g/mol. The number of thiophene rings is 1. The molecule has 4 heteroatoms. The summed E-state index contributed by atoms with van der Waals surface area (Å²) in [5.74, 6) is 0.220. The van der Waals surface area contributed by atoms with E-state index in [1.165, 1.54) is 92.2 Å². The van der Waals surface area contributed by atoms with Crippen molar-refractivity contribution in [3.63, 3.8) is 0 Å². The molecule has 1 aliphatic heterocycles. The Kier molecular flexibility index (Phi) is 7.36. The topological polar surface area (TPSA) is 13.1 Å². The Morgan fingerprint density at radius 2 is 1.12 bits per heavy atom. The smallest absolute Gasteiger partial charge is 0.0629 e. The van der Waals surface area contributed by atoms with Crippen molar-refractivity contribution >= 4 is 81.7 Å². The first-order valence-corrected chi connectivity index (χ1v) is 21.0. The van der Waals surface area contributed by atoms with Crippen LogP contribution in [0, 0.1) is 6.92 Å². The van der Waals surface area contributed by atoms with Crippen molar-refractivity contribution in [1.82, 2.24) is 9.13 Å². The van der Waals surface area contributed by atoms with Crippen molar-refractivity contribution in [2.45, 2.75) is 25.8 Å². The first kappa shape index (κ1) is 33.3. The number of benzene rings is 7. The first-order chi connectivity index (χ1) is 28.7. The molecule has 2 unspecified atom stereocenters. The third-order valence-electron chi connectivity index (χ3n) is 12.5. The molecule has 10 aromatic rings. The third kappa shape index (κ3) is 4.73. The highest BCUT2D eigenvalue weighted by atomic mass is 32.1. The fourth-order valence-electron chi connectivity index (χ4n) is 10.1. The lowest BCUT2D eigenvalue weighted by atomic mass is 9.90. The Labute approximate surface area is 341 Å². The van der Waals surface area contributed by atoms with Gasteiger partial charge in [0.1, 0.15) is 0 Å². The lowest BCUT2D eigenvalue weighted by molar-refractivity contribution is 0.744. The molecule has 0 saturated heterocycles. The highest BCUT2D eigenvalue weighted by Gasteiger charge is 2.40. The van der Waals surface area contributed by atoms with Crippen molar-refractivity contribution in [2.75, 3.05) is 4.90 Å². The summed E-state index contributed by atoms with van der Waals surface area (Å²) >= 11 is 1.90. The number of allylic oxidation sites excluding steroid dienone is 3. The number of fused-ring (bicyclic) bond motifs is 10. The zero-order valence-corrected chi connectivity index (χ0v) is 33.1.